The SMILES string of the molecule is CC(C#N)(CCC(=O)Nc1ccc(-n2c(=O)[nH][nH]c2=O)cc1)SC(=S)c1ccccc1. The van der Waals surface area contributed by atoms with Crippen molar-refractivity contribution >= 4 is 39.8 Å². The van der Waals surface area contributed by atoms with E-state index in [2.05, 4.69) is 21.6 Å². The smallest absolute Gasteiger partial charge is 0.326 e. The normalized spacial score (nSPS) is 12.5. The third-order valence-electron chi connectivity index (χ3n) is 4.48. The van der Waals surface area contributed by atoms with E-state index in [1.54, 1.807) is 31.2 Å². The fourth-order valence-corrected chi connectivity index (χ4v) is 4.38. The topological polar surface area (TPSA) is 124 Å². The van der Waals surface area contributed by atoms with Crippen LogP contribution in [-0.2, 0) is 4.79 Å². The number of carbonyl (C=O) groups is 1. The summed E-state index contributed by atoms with van der Waals surface area (Å²) in [6, 6.07) is 18.0. The number of aromatic amines is 2. The van der Waals surface area contributed by atoms with Crippen molar-refractivity contribution in [2.75, 3.05) is 5.32 Å². The van der Waals surface area contributed by atoms with Crippen molar-refractivity contribution in [3.8, 4) is 11.8 Å². The third-order valence-corrected chi connectivity index (χ3v) is 6.14. The highest BCUT2D eigenvalue weighted by molar-refractivity contribution is 8.24. The molecule has 3 N–H and O–H groups in total. The van der Waals surface area contributed by atoms with Crippen LogP contribution in [0.15, 0.2) is 64.2 Å². The van der Waals surface area contributed by atoms with Crippen molar-refractivity contribution in [1.29, 1.82) is 5.26 Å². The molecule has 1 atom stereocenters. The largest absolute Gasteiger partial charge is 0.348 e. The van der Waals surface area contributed by atoms with Gasteiger partial charge in [-0.3, -0.25) is 4.79 Å². The molecular weight excluding hydrogens is 434 g/mol. The Kier molecular flexibility index (Phi) is 6.89. The number of anilines is 1. The number of nitrogens with one attached hydrogen (secondary N) is 3. The van der Waals surface area contributed by atoms with Gasteiger partial charge in [0.2, 0.25) is 5.91 Å². The van der Waals surface area contributed by atoms with Crippen LogP contribution in [0.3, 0.4) is 0 Å². The van der Waals surface area contributed by atoms with Gasteiger partial charge < -0.3 is 5.32 Å². The molecule has 0 fully saturated rings. The number of carbonyl (C=O) groups excluding carboxylic acids is 1. The van der Waals surface area contributed by atoms with E-state index in [4.69, 9.17) is 12.2 Å². The molecular formula is C21H19N5O3S2. The zero-order valence-electron chi connectivity index (χ0n) is 16.5. The van der Waals surface area contributed by atoms with Crippen molar-refractivity contribution in [3.05, 3.63) is 81.1 Å². The van der Waals surface area contributed by atoms with Crippen molar-refractivity contribution < 1.29 is 4.79 Å². The molecule has 3 rings (SSSR count). The van der Waals surface area contributed by atoms with Crippen molar-refractivity contribution in [3.63, 3.8) is 0 Å². The minimum atomic E-state index is -0.843. The van der Waals surface area contributed by atoms with Gasteiger partial charge in [-0.1, -0.05) is 54.3 Å². The Morgan fingerprint density at radius 1 is 1.13 bits per heavy atom. The maximum absolute atomic E-state index is 12.4. The molecule has 2 aromatic carbocycles. The molecule has 1 heterocycles. The molecule has 0 spiro atoms. The standard InChI is InChI=1S/C21H19N5O3S2/c1-21(13-22,31-18(30)14-5-3-2-4-6-14)12-11-17(27)23-15-7-9-16(10-8-15)26-19(28)24-25-20(26)29/h2-10H,11-12H2,1H3,(H,23,27)(H,24,28)(H,25,29). The first-order chi connectivity index (χ1) is 14.8. The number of nitrogens with zero attached hydrogens (tertiary/aromatic N) is 2. The summed E-state index contributed by atoms with van der Waals surface area (Å²) in [5.41, 5.74) is 0.592. The van der Waals surface area contributed by atoms with Gasteiger partial charge in [-0.15, -0.1) is 0 Å². The highest BCUT2D eigenvalue weighted by Crippen LogP contribution is 2.33. The van der Waals surface area contributed by atoms with Gasteiger partial charge in [0.05, 0.1) is 16.0 Å². The maximum atomic E-state index is 12.4. The van der Waals surface area contributed by atoms with Crippen LogP contribution in [0.25, 0.3) is 5.69 Å². The Hall–Kier alpha value is -3.42. The molecule has 0 saturated carbocycles. The van der Waals surface area contributed by atoms with Crippen LogP contribution >= 0.6 is 24.0 Å². The van der Waals surface area contributed by atoms with Gasteiger partial charge >= 0.3 is 11.4 Å². The van der Waals surface area contributed by atoms with E-state index < -0.39 is 16.1 Å². The van der Waals surface area contributed by atoms with E-state index >= 15 is 0 Å². The minimum Gasteiger partial charge on any atom is -0.326 e. The molecule has 0 bridgehead atoms. The van der Waals surface area contributed by atoms with Crippen LogP contribution in [0.5, 0.6) is 0 Å². The third kappa shape index (κ3) is 5.59. The number of hydrogen-bond donors (Lipinski definition) is 3. The summed E-state index contributed by atoms with van der Waals surface area (Å²) in [4.78, 5) is 35.7. The van der Waals surface area contributed by atoms with Crippen molar-refractivity contribution in [2.24, 2.45) is 0 Å². The molecule has 1 unspecified atom stereocenters. The molecule has 31 heavy (non-hydrogen) atoms. The highest BCUT2D eigenvalue weighted by atomic mass is 32.2. The number of rotatable bonds is 7. The number of thiocarbonyl (C=S) groups is 1. The lowest BCUT2D eigenvalue weighted by Crippen LogP contribution is -2.24. The second kappa shape index (κ2) is 9.59. The van der Waals surface area contributed by atoms with Crippen molar-refractivity contribution in [2.45, 2.75) is 24.5 Å². The zero-order valence-corrected chi connectivity index (χ0v) is 18.2. The Bertz CT molecular complexity index is 1210. The molecule has 0 aliphatic carbocycles. The van der Waals surface area contributed by atoms with Gasteiger partial charge in [0.25, 0.3) is 0 Å². The summed E-state index contributed by atoms with van der Waals surface area (Å²) in [6.45, 7) is 1.77. The van der Waals surface area contributed by atoms with Crippen molar-refractivity contribution in [1.82, 2.24) is 14.8 Å². The summed E-state index contributed by atoms with van der Waals surface area (Å²) < 4.78 is 0.706. The van der Waals surface area contributed by atoms with Crippen LogP contribution in [0, 0.1) is 11.3 Å². The van der Waals surface area contributed by atoms with E-state index in [1.807, 2.05) is 30.3 Å². The number of amides is 1. The lowest BCUT2D eigenvalue weighted by Gasteiger charge is -2.21. The summed E-state index contributed by atoms with van der Waals surface area (Å²) in [7, 11) is 0. The Balaban J connectivity index is 1.58. The van der Waals surface area contributed by atoms with Crippen LogP contribution in [0.4, 0.5) is 5.69 Å². The average molecular weight is 454 g/mol. The summed E-state index contributed by atoms with van der Waals surface area (Å²) >= 11 is 6.72. The highest BCUT2D eigenvalue weighted by Gasteiger charge is 2.28. The molecule has 1 aromatic heterocycles. The summed E-state index contributed by atoms with van der Waals surface area (Å²) in [5, 5.41) is 16.8. The molecule has 3 aromatic rings. The van der Waals surface area contributed by atoms with Crippen LogP contribution in [0.2, 0.25) is 0 Å². The van der Waals surface area contributed by atoms with Gasteiger partial charge in [-0.05, 0) is 43.2 Å². The monoisotopic (exact) mass is 453 g/mol. The number of nitriles is 1. The summed E-state index contributed by atoms with van der Waals surface area (Å²) in [6.07, 6.45) is 0.451. The second-order valence-corrected chi connectivity index (χ2v) is 9.07. The van der Waals surface area contributed by atoms with Gasteiger partial charge in [0.1, 0.15) is 4.75 Å². The Morgan fingerprint density at radius 3 is 2.32 bits per heavy atom. The van der Waals surface area contributed by atoms with Gasteiger partial charge in [0.15, 0.2) is 0 Å². The summed E-state index contributed by atoms with van der Waals surface area (Å²) in [5.74, 6) is -0.253. The second-order valence-electron chi connectivity index (χ2n) is 6.89. The predicted octanol–water partition coefficient (Wildman–Crippen LogP) is 2.96. The van der Waals surface area contributed by atoms with Crippen LogP contribution in [-0.4, -0.2) is 29.6 Å². The predicted molar refractivity (Wildman–Crippen MR) is 125 cm³/mol. The zero-order chi connectivity index (χ0) is 22.4. The fourth-order valence-electron chi connectivity index (χ4n) is 2.78. The molecule has 158 valence electrons. The molecule has 10 heteroatoms. The lowest BCUT2D eigenvalue weighted by molar-refractivity contribution is -0.116. The molecule has 0 aliphatic heterocycles. The van der Waals surface area contributed by atoms with Gasteiger partial charge in [-0.25, -0.2) is 24.4 Å². The number of H-pyrrole nitrogens is 2. The number of hydrogen-bond acceptors (Lipinski definition) is 6. The first-order valence-corrected chi connectivity index (χ1v) is 10.5. The Labute approximate surface area is 187 Å². The quantitative estimate of drug-likeness (QED) is 0.473. The molecule has 8 nitrogen and oxygen atoms in total. The lowest BCUT2D eigenvalue weighted by atomic mass is 10.1. The minimum absolute atomic E-state index is 0.132. The van der Waals surface area contributed by atoms with Gasteiger partial charge in [-0.2, -0.15) is 5.26 Å². The first kappa shape index (κ1) is 22.3. The van der Waals surface area contributed by atoms with Gasteiger partial charge in [0, 0.05) is 12.1 Å². The molecule has 0 aliphatic rings. The van der Waals surface area contributed by atoms with Crippen LogP contribution in [0.1, 0.15) is 25.3 Å². The van der Waals surface area contributed by atoms with E-state index in [9.17, 15) is 19.6 Å². The van der Waals surface area contributed by atoms with E-state index in [-0.39, 0.29) is 12.3 Å². The molecule has 0 saturated heterocycles. The fraction of sp³-hybridized carbons (Fsp3) is 0.190. The number of aromatic nitrogens is 3. The Morgan fingerprint density at radius 2 is 1.74 bits per heavy atom. The molecule has 1 amide bonds. The average Bonchev–Trinajstić information content (AvgIpc) is 3.11. The van der Waals surface area contributed by atoms with E-state index in [0.717, 1.165) is 10.1 Å². The number of thioether (sulfide) groups is 1. The first-order valence-electron chi connectivity index (χ1n) is 9.31. The molecule has 0 radical (unpaired) electrons. The van der Waals surface area contributed by atoms with E-state index in [1.165, 1.54) is 11.8 Å². The maximum Gasteiger partial charge on any atom is 0.348 e. The number of benzene rings is 2. The van der Waals surface area contributed by atoms with Crippen LogP contribution < -0.4 is 16.7 Å². The van der Waals surface area contributed by atoms with E-state index in [0.29, 0.717) is 22.0 Å².